The molecule has 0 unspecified atom stereocenters. The Kier molecular flexibility index (Phi) is 5.00. The molecule has 0 heteroatoms. The zero-order valence-electron chi connectivity index (χ0n) is 7.52. The number of hydrogen-bond donors (Lipinski definition) is 0. The fraction of sp³-hybridized carbons (Fsp3) is 0.600. The first-order chi connectivity index (χ1) is 4.72. The minimum absolute atomic E-state index is 0.663. The van der Waals surface area contributed by atoms with Crippen molar-refractivity contribution < 1.29 is 0 Å². The van der Waals surface area contributed by atoms with Crippen LogP contribution in [0.2, 0.25) is 0 Å². The zero-order chi connectivity index (χ0) is 7.98. The summed E-state index contributed by atoms with van der Waals surface area (Å²) in [6, 6.07) is 0. The zero-order valence-corrected chi connectivity index (χ0v) is 7.52. The molecule has 0 aromatic rings. The third-order valence-electron chi connectivity index (χ3n) is 1.47. The normalized spacial score (nSPS) is 13.5. The summed E-state index contributed by atoms with van der Waals surface area (Å²) in [6.07, 6.45) is 7.71. The molecule has 0 N–H and O–H groups in total. The molecule has 0 spiro atoms. The fourth-order valence-electron chi connectivity index (χ4n) is 0.924. The van der Waals surface area contributed by atoms with E-state index in [1.54, 1.807) is 0 Å². The van der Waals surface area contributed by atoms with Gasteiger partial charge in [0.25, 0.3) is 0 Å². The van der Waals surface area contributed by atoms with E-state index in [9.17, 15) is 0 Å². The Morgan fingerprint density at radius 3 is 2.30 bits per heavy atom. The standard InChI is InChI=1S/C10H18/c1-5-7-10(8-6-2)9(3)4/h5,7-9H,6H2,1-4H3. The van der Waals surface area contributed by atoms with E-state index < -0.39 is 0 Å². The summed E-state index contributed by atoms with van der Waals surface area (Å²) in [5.41, 5.74) is 1.45. The van der Waals surface area contributed by atoms with Gasteiger partial charge in [0, 0.05) is 0 Å². The highest BCUT2D eigenvalue weighted by Crippen LogP contribution is 2.11. The second kappa shape index (κ2) is 5.28. The molecule has 58 valence electrons. The minimum Gasteiger partial charge on any atom is -0.0874 e. The van der Waals surface area contributed by atoms with Crippen LogP contribution in [0.1, 0.15) is 34.1 Å². The lowest BCUT2D eigenvalue weighted by atomic mass is 10.0. The van der Waals surface area contributed by atoms with Gasteiger partial charge in [0.2, 0.25) is 0 Å². The van der Waals surface area contributed by atoms with E-state index in [2.05, 4.69) is 45.9 Å². The average Bonchev–Trinajstić information content (AvgIpc) is 1.87. The lowest BCUT2D eigenvalue weighted by molar-refractivity contribution is 0.785. The number of allylic oxidation sites excluding steroid dienone is 4. The summed E-state index contributed by atoms with van der Waals surface area (Å²) in [7, 11) is 0. The molecule has 10 heavy (non-hydrogen) atoms. The van der Waals surface area contributed by atoms with Crippen molar-refractivity contribution >= 4 is 0 Å². The molecule has 0 rings (SSSR count). The number of rotatable bonds is 3. The Bertz CT molecular complexity index is 127. The highest BCUT2D eigenvalue weighted by molar-refractivity contribution is 5.19. The monoisotopic (exact) mass is 138 g/mol. The lowest BCUT2D eigenvalue weighted by Gasteiger charge is -2.04. The molecule has 0 aromatic carbocycles. The third-order valence-corrected chi connectivity index (χ3v) is 1.47. The summed E-state index contributed by atoms with van der Waals surface area (Å²) in [6.45, 7) is 8.68. The predicted molar refractivity (Wildman–Crippen MR) is 48.0 cm³/mol. The van der Waals surface area contributed by atoms with Crippen LogP contribution in [0.25, 0.3) is 0 Å². The van der Waals surface area contributed by atoms with Crippen LogP contribution >= 0.6 is 0 Å². The first kappa shape index (κ1) is 9.48. The topological polar surface area (TPSA) is 0 Å². The van der Waals surface area contributed by atoms with E-state index in [0.717, 1.165) is 6.42 Å². The molecule has 0 aromatic heterocycles. The second-order valence-corrected chi connectivity index (χ2v) is 2.77. The van der Waals surface area contributed by atoms with Gasteiger partial charge in [0.15, 0.2) is 0 Å². The Labute approximate surface area is 64.6 Å². The molecule has 0 aliphatic carbocycles. The average molecular weight is 138 g/mol. The van der Waals surface area contributed by atoms with Gasteiger partial charge >= 0.3 is 0 Å². The van der Waals surface area contributed by atoms with E-state index in [-0.39, 0.29) is 0 Å². The van der Waals surface area contributed by atoms with Crippen molar-refractivity contribution in [2.24, 2.45) is 5.92 Å². The highest BCUT2D eigenvalue weighted by Gasteiger charge is 1.95. The van der Waals surface area contributed by atoms with Gasteiger partial charge in [-0.3, -0.25) is 0 Å². The van der Waals surface area contributed by atoms with Crippen molar-refractivity contribution in [3.05, 3.63) is 23.8 Å². The van der Waals surface area contributed by atoms with Gasteiger partial charge in [-0.05, 0) is 24.8 Å². The first-order valence-electron chi connectivity index (χ1n) is 4.05. The smallest absolute Gasteiger partial charge is 0.0222 e. The number of hydrogen-bond acceptors (Lipinski definition) is 0. The van der Waals surface area contributed by atoms with Gasteiger partial charge in [-0.25, -0.2) is 0 Å². The van der Waals surface area contributed by atoms with Crippen molar-refractivity contribution in [3.63, 3.8) is 0 Å². The molecule has 0 bridgehead atoms. The van der Waals surface area contributed by atoms with Gasteiger partial charge in [0.05, 0.1) is 0 Å². The van der Waals surface area contributed by atoms with E-state index in [1.807, 2.05) is 0 Å². The largest absolute Gasteiger partial charge is 0.0874 e. The summed E-state index contributed by atoms with van der Waals surface area (Å²) in [4.78, 5) is 0. The SMILES string of the molecule is CC=CC(=CCC)C(C)C. The van der Waals surface area contributed by atoms with Gasteiger partial charge in [-0.2, -0.15) is 0 Å². The van der Waals surface area contributed by atoms with E-state index in [4.69, 9.17) is 0 Å². The van der Waals surface area contributed by atoms with Crippen LogP contribution < -0.4 is 0 Å². The molecule has 0 radical (unpaired) electrons. The lowest BCUT2D eigenvalue weighted by Crippen LogP contribution is -1.89. The summed E-state index contributed by atoms with van der Waals surface area (Å²) < 4.78 is 0. The van der Waals surface area contributed by atoms with Crippen LogP contribution in [-0.2, 0) is 0 Å². The van der Waals surface area contributed by atoms with Crippen molar-refractivity contribution in [3.8, 4) is 0 Å². The molecule has 0 fully saturated rings. The van der Waals surface area contributed by atoms with Gasteiger partial charge < -0.3 is 0 Å². The fourth-order valence-corrected chi connectivity index (χ4v) is 0.924. The predicted octanol–water partition coefficient (Wildman–Crippen LogP) is 3.55. The first-order valence-corrected chi connectivity index (χ1v) is 4.05. The maximum atomic E-state index is 2.28. The minimum atomic E-state index is 0.663. The van der Waals surface area contributed by atoms with Crippen molar-refractivity contribution in [1.82, 2.24) is 0 Å². The van der Waals surface area contributed by atoms with Gasteiger partial charge in [0.1, 0.15) is 0 Å². The van der Waals surface area contributed by atoms with Crippen molar-refractivity contribution in [2.75, 3.05) is 0 Å². The van der Waals surface area contributed by atoms with Crippen LogP contribution in [0, 0.1) is 5.92 Å². The highest BCUT2D eigenvalue weighted by atomic mass is 14.0. The summed E-state index contributed by atoms with van der Waals surface area (Å²) in [5.74, 6) is 0.663. The second-order valence-electron chi connectivity index (χ2n) is 2.77. The molecule has 0 saturated heterocycles. The molecular weight excluding hydrogens is 120 g/mol. The van der Waals surface area contributed by atoms with Crippen LogP contribution in [0.5, 0.6) is 0 Å². The maximum Gasteiger partial charge on any atom is -0.0222 e. The molecule has 0 nitrogen and oxygen atoms in total. The van der Waals surface area contributed by atoms with Crippen LogP contribution in [0.15, 0.2) is 23.8 Å². The van der Waals surface area contributed by atoms with Crippen LogP contribution in [-0.4, -0.2) is 0 Å². The van der Waals surface area contributed by atoms with E-state index >= 15 is 0 Å². The van der Waals surface area contributed by atoms with E-state index in [1.165, 1.54) is 5.57 Å². The third kappa shape index (κ3) is 3.49. The molecule has 0 saturated carbocycles. The van der Waals surface area contributed by atoms with Gasteiger partial charge in [-0.15, -0.1) is 0 Å². The molecule has 0 atom stereocenters. The Hall–Kier alpha value is -0.520. The van der Waals surface area contributed by atoms with Crippen molar-refractivity contribution in [2.45, 2.75) is 34.1 Å². The molecule has 0 aliphatic heterocycles. The summed E-state index contributed by atoms with van der Waals surface area (Å²) >= 11 is 0. The molecular formula is C10H18. The Balaban J connectivity index is 4.11. The molecule has 0 heterocycles. The van der Waals surface area contributed by atoms with Crippen LogP contribution in [0.3, 0.4) is 0 Å². The quantitative estimate of drug-likeness (QED) is 0.523. The Morgan fingerprint density at radius 2 is 2.00 bits per heavy atom. The summed E-state index contributed by atoms with van der Waals surface area (Å²) in [5, 5.41) is 0. The molecule has 0 aliphatic rings. The van der Waals surface area contributed by atoms with Gasteiger partial charge in [-0.1, -0.05) is 39.0 Å². The van der Waals surface area contributed by atoms with Crippen LogP contribution in [0.4, 0.5) is 0 Å². The van der Waals surface area contributed by atoms with E-state index in [0.29, 0.717) is 5.92 Å². The Morgan fingerprint density at radius 1 is 1.40 bits per heavy atom. The van der Waals surface area contributed by atoms with Crippen molar-refractivity contribution in [1.29, 1.82) is 0 Å². The maximum absolute atomic E-state index is 2.28. The molecule has 0 amide bonds.